The van der Waals surface area contributed by atoms with Crippen molar-refractivity contribution < 1.29 is 29.0 Å². The van der Waals surface area contributed by atoms with E-state index in [9.17, 15) is 9.18 Å². The van der Waals surface area contributed by atoms with Crippen LogP contribution in [0, 0.1) is 11.7 Å². The summed E-state index contributed by atoms with van der Waals surface area (Å²) < 4.78 is 12.9. The largest absolute Gasteiger partial charge is 0.473 e. The fourth-order valence-electron chi connectivity index (χ4n) is 3.04. The van der Waals surface area contributed by atoms with Gasteiger partial charge in [0.15, 0.2) is 0 Å². The SMILES string of the molecule is O=C(NCc1cccnc1)C1CCN(Cc2ccc(F)cc2)CC1.O=C(O)C(=O)O. The molecule has 0 spiro atoms. The molecule has 0 unspecified atom stereocenters. The van der Waals surface area contributed by atoms with Crippen molar-refractivity contribution in [2.45, 2.75) is 25.9 Å². The van der Waals surface area contributed by atoms with E-state index in [0.29, 0.717) is 6.54 Å². The highest BCUT2D eigenvalue weighted by atomic mass is 19.1. The van der Waals surface area contributed by atoms with Gasteiger partial charge in [0, 0.05) is 31.4 Å². The average Bonchev–Trinajstić information content (AvgIpc) is 2.75. The number of aromatic nitrogens is 1. The summed E-state index contributed by atoms with van der Waals surface area (Å²) in [5.74, 6) is -3.65. The van der Waals surface area contributed by atoms with Crippen molar-refractivity contribution in [1.82, 2.24) is 15.2 Å². The normalized spacial score (nSPS) is 14.3. The lowest BCUT2D eigenvalue weighted by Gasteiger charge is -2.31. The quantitative estimate of drug-likeness (QED) is 0.636. The Morgan fingerprint density at radius 3 is 2.20 bits per heavy atom. The minimum absolute atomic E-state index is 0.0751. The van der Waals surface area contributed by atoms with Gasteiger partial charge < -0.3 is 15.5 Å². The number of carboxylic acids is 2. The number of carbonyl (C=O) groups excluding carboxylic acids is 1. The Hall–Kier alpha value is -3.33. The van der Waals surface area contributed by atoms with Gasteiger partial charge in [0.05, 0.1) is 0 Å². The van der Waals surface area contributed by atoms with Crippen LogP contribution in [-0.4, -0.2) is 51.0 Å². The second-order valence-electron chi connectivity index (χ2n) is 6.87. The first-order valence-corrected chi connectivity index (χ1v) is 9.44. The Kier molecular flexibility index (Phi) is 8.89. The van der Waals surface area contributed by atoms with Crippen LogP contribution in [-0.2, 0) is 27.5 Å². The number of benzene rings is 1. The van der Waals surface area contributed by atoms with Crippen LogP contribution in [0.3, 0.4) is 0 Å². The van der Waals surface area contributed by atoms with E-state index in [4.69, 9.17) is 19.8 Å². The highest BCUT2D eigenvalue weighted by Crippen LogP contribution is 2.19. The van der Waals surface area contributed by atoms with Crippen LogP contribution in [0.15, 0.2) is 48.8 Å². The van der Waals surface area contributed by atoms with Crippen LogP contribution >= 0.6 is 0 Å². The number of nitrogens with zero attached hydrogens (tertiary/aromatic N) is 2. The number of halogens is 1. The molecule has 0 saturated carbocycles. The van der Waals surface area contributed by atoms with Gasteiger partial charge in [0.25, 0.3) is 0 Å². The lowest BCUT2D eigenvalue weighted by atomic mass is 9.95. The van der Waals surface area contributed by atoms with E-state index in [-0.39, 0.29) is 17.6 Å². The third-order valence-corrected chi connectivity index (χ3v) is 4.65. The minimum Gasteiger partial charge on any atom is -0.473 e. The molecule has 30 heavy (non-hydrogen) atoms. The monoisotopic (exact) mass is 417 g/mol. The molecule has 1 aliphatic heterocycles. The van der Waals surface area contributed by atoms with Crippen LogP contribution < -0.4 is 5.32 Å². The van der Waals surface area contributed by atoms with Gasteiger partial charge in [-0.2, -0.15) is 0 Å². The molecular weight excluding hydrogens is 393 g/mol. The second-order valence-corrected chi connectivity index (χ2v) is 6.87. The fraction of sp³-hybridized carbons (Fsp3) is 0.333. The number of likely N-dealkylation sites (tertiary alicyclic amines) is 1. The van der Waals surface area contributed by atoms with Crippen LogP contribution in [0.25, 0.3) is 0 Å². The number of carboxylic acid groups (broad SMARTS) is 2. The lowest BCUT2D eigenvalue weighted by Crippen LogP contribution is -2.40. The van der Waals surface area contributed by atoms with Gasteiger partial charge in [-0.25, -0.2) is 14.0 Å². The topological polar surface area (TPSA) is 120 Å². The molecule has 2 heterocycles. The summed E-state index contributed by atoms with van der Waals surface area (Å²) in [5, 5.41) is 17.8. The molecule has 0 atom stereocenters. The highest BCUT2D eigenvalue weighted by molar-refractivity contribution is 6.27. The Labute approximate surface area is 173 Å². The number of rotatable bonds is 5. The molecule has 8 nitrogen and oxygen atoms in total. The molecule has 0 radical (unpaired) electrons. The number of piperidine rings is 1. The Morgan fingerprint density at radius 2 is 1.67 bits per heavy atom. The number of hydrogen-bond donors (Lipinski definition) is 3. The highest BCUT2D eigenvalue weighted by Gasteiger charge is 2.24. The standard InChI is InChI=1S/C19H22FN3O.C2H2O4/c20-18-5-3-15(4-6-18)14-23-10-7-17(8-11-23)19(24)22-13-16-2-1-9-21-12-16;3-1(4)2(5)6/h1-6,9,12,17H,7-8,10-11,13-14H2,(H,22,24);(H,3,4)(H,5,6). The molecule has 0 bridgehead atoms. The van der Waals surface area contributed by atoms with Crippen LogP contribution in [0.5, 0.6) is 0 Å². The summed E-state index contributed by atoms with van der Waals surface area (Å²) in [6.45, 7) is 3.12. The van der Waals surface area contributed by atoms with E-state index in [2.05, 4.69) is 15.2 Å². The summed E-state index contributed by atoms with van der Waals surface area (Å²) in [4.78, 5) is 36.8. The first-order chi connectivity index (χ1) is 14.3. The average molecular weight is 417 g/mol. The molecular formula is C21H24FN3O5. The lowest BCUT2D eigenvalue weighted by molar-refractivity contribution is -0.159. The number of aliphatic carboxylic acids is 2. The summed E-state index contributed by atoms with van der Waals surface area (Å²) in [6.07, 6.45) is 5.22. The van der Waals surface area contributed by atoms with E-state index >= 15 is 0 Å². The Bertz CT molecular complexity index is 825. The maximum absolute atomic E-state index is 12.9. The van der Waals surface area contributed by atoms with Crippen molar-refractivity contribution in [3.63, 3.8) is 0 Å². The van der Waals surface area contributed by atoms with Crippen LogP contribution in [0.4, 0.5) is 4.39 Å². The number of nitrogens with one attached hydrogen (secondary N) is 1. The molecule has 1 aromatic carbocycles. The third-order valence-electron chi connectivity index (χ3n) is 4.65. The number of pyridine rings is 1. The van der Waals surface area contributed by atoms with E-state index in [1.165, 1.54) is 12.1 Å². The van der Waals surface area contributed by atoms with E-state index < -0.39 is 11.9 Å². The van der Waals surface area contributed by atoms with Crippen LogP contribution in [0.1, 0.15) is 24.0 Å². The number of carbonyl (C=O) groups is 3. The fourth-order valence-corrected chi connectivity index (χ4v) is 3.04. The molecule has 1 fully saturated rings. The molecule has 1 saturated heterocycles. The minimum atomic E-state index is -1.82. The van der Waals surface area contributed by atoms with Crippen molar-refractivity contribution >= 4 is 17.8 Å². The molecule has 1 aromatic heterocycles. The first kappa shape index (κ1) is 23.0. The molecule has 0 aliphatic carbocycles. The molecule has 160 valence electrons. The summed E-state index contributed by atoms with van der Waals surface area (Å²) in [7, 11) is 0. The molecule has 3 rings (SSSR count). The Balaban J connectivity index is 0.000000469. The molecule has 2 aromatic rings. The van der Waals surface area contributed by atoms with Gasteiger partial charge >= 0.3 is 11.9 Å². The first-order valence-electron chi connectivity index (χ1n) is 9.44. The zero-order valence-electron chi connectivity index (χ0n) is 16.3. The zero-order valence-corrected chi connectivity index (χ0v) is 16.3. The van der Waals surface area contributed by atoms with Gasteiger partial charge in [-0.3, -0.25) is 14.7 Å². The summed E-state index contributed by atoms with van der Waals surface area (Å²) in [6, 6.07) is 10.5. The Morgan fingerprint density at radius 1 is 1.03 bits per heavy atom. The number of hydrogen-bond acceptors (Lipinski definition) is 5. The van der Waals surface area contributed by atoms with Crippen molar-refractivity contribution in [3.05, 3.63) is 65.7 Å². The third kappa shape index (κ3) is 7.96. The maximum Gasteiger partial charge on any atom is 0.414 e. The summed E-state index contributed by atoms with van der Waals surface area (Å²) in [5.41, 5.74) is 2.12. The van der Waals surface area contributed by atoms with Crippen LogP contribution in [0.2, 0.25) is 0 Å². The van der Waals surface area contributed by atoms with Gasteiger partial charge in [-0.05, 0) is 55.3 Å². The summed E-state index contributed by atoms with van der Waals surface area (Å²) >= 11 is 0. The molecule has 1 amide bonds. The molecule has 3 N–H and O–H groups in total. The van der Waals surface area contributed by atoms with Crippen molar-refractivity contribution in [2.24, 2.45) is 5.92 Å². The van der Waals surface area contributed by atoms with Gasteiger partial charge in [0.1, 0.15) is 5.82 Å². The predicted molar refractivity (Wildman–Crippen MR) is 106 cm³/mol. The van der Waals surface area contributed by atoms with E-state index in [1.54, 1.807) is 12.4 Å². The van der Waals surface area contributed by atoms with E-state index in [0.717, 1.165) is 43.6 Å². The van der Waals surface area contributed by atoms with Crippen molar-refractivity contribution in [1.29, 1.82) is 0 Å². The smallest absolute Gasteiger partial charge is 0.414 e. The van der Waals surface area contributed by atoms with Gasteiger partial charge in [-0.1, -0.05) is 18.2 Å². The second kappa shape index (κ2) is 11.6. The predicted octanol–water partition coefficient (Wildman–Crippen LogP) is 1.90. The van der Waals surface area contributed by atoms with Gasteiger partial charge in [0.2, 0.25) is 5.91 Å². The molecule has 1 aliphatic rings. The number of amides is 1. The molecule has 9 heteroatoms. The van der Waals surface area contributed by atoms with Gasteiger partial charge in [-0.15, -0.1) is 0 Å². The van der Waals surface area contributed by atoms with Crippen molar-refractivity contribution in [2.75, 3.05) is 13.1 Å². The van der Waals surface area contributed by atoms with E-state index in [1.807, 2.05) is 24.3 Å². The zero-order chi connectivity index (χ0) is 21.9. The van der Waals surface area contributed by atoms with Crippen molar-refractivity contribution in [3.8, 4) is 0 Å². The maximum atomic E-state index is 12.9.